The first-order valence-electron chi connectivity index (χ1n) is 9.08. The van der Waals surface area contributed by atoms with Gasteiger partial charge in [-0.2, -0.15) is 0 Å². The number of methoxy groups -OCH3 is 1. The first-order valence-corrected chi connectivity index (χ1v) is 9.83. The summed E-state index contributed by atoms with van der Waals surface area (Å²) in [6.07, 6.45) is 1.86. The molecule has 1 saturated heterocycles. The van der Waals surface area contributed by atoms with Gasteiger partial charge in [-0.15, -0.1) is 0 Å². The lowest BCUT2D eigenvalue weighted by Gasteiger charge is -2.32. The van der Waals surface area contributed by atoms with Crippen molar-refractivity contribution < 1.29 is 9.53 Å². The molecule has 0 aliphatic carbocycles. The molecule has 1 N–H and O–H groups in total. The second-order valence-corrected chi connectivity index (χ2v) is 7.85. The standard InChI is InChI=1S/C21H24Cl2N2O2/c1-14-5-8-20(27-2)19(10-14)24-21(26)16-4-3-9-25(13-16)12-15-6-7-17(22)11-18(15)23/h5-8,10-11,16H,3-4,9,12-13H2,1-2H3,(H,24,26)/t16-/m1/s1. The van der Waals surface area contributed by atoms with Gasteiger partial charge < -0.3 is 10.1 Å². The lowest BCUT2D eigenvalue weighted by Crippen LogP contribution is -2.40. The fourth-order valence-electron chi connectivity index (χ4n) is 3.46. The van der Waals surface area contributed by atoms with Crippen molar-refractivity contribution in [1.29, 1.82) is 0 Å². The molecule has 1 aliphatic rings. The van der Waals surface area contributed by atoms with Gasteiger partial charge in [0.15, 0.2) is 0 Å². The molecule has 3 rings (SSSR count). The molecule has 1 amide bonds. The average Bonchev–Trinajstić information content (AvgIpc) is 2.64. The van der Waals surface area contributed by atoms with Crippen molar-refractivity contribution >= 4 is 34.8 Å². The molecule has 144 valence electrons. The summed E-state index contributed by atoms with van der Waals surface area (Å²) in [5.74, 6) is 0.649. The summed E-state index contributed by atoms with van der Waals surface area (Å²) in [6.45, 7) is 4.37. The van der Waals surface area contributed by atoms with E-state index in [1.165, 1.54) is 0 Å². The van der Waals surface area contributed by atoms with E-state index in [0.717, 1.165) is 36.2 Å². The maximum Gasteiger partial charge on any atom is 0.228 e. The normalized spacial score (nSPS) is 17.6. The van der Waals surface area contributed by atoms with Gasteiger partial charge in [0.25, 0.3) is 0 Å². The largest absolute Gasteiger partial charge is 0.495 e. The minimum Gasteiger partial charge on any atom is -0.495 e. The highest BCUT2D eigenvalue weighted by Crippen LogP contribution is 2.28. The van der Waals surface area contributed by atoms with Gasteiger partial charge >= 0.3 is 0 Å². The van der Waals surface area contributed by atoms with E-state index in [4.69, 9.17) is 27.9 Å². The molecular formula is C21H24Cl2N2O2. The molecule has 0 radical (unpaired) electrons. The molecule has 2 aromatic carbocycles. The van der Waals surface area contributed by atoms with Crippen LogP contribution in [-0.2, 0) is 11.3 Å². The van der Waals surface area contributed by atoms with E-state index in [1.807, 2.05) is 37.3 Å². The summed E-state index contributed by atoms with van der Waals surface area (Å²) in [4.78, 5) is 15.1. The molecule has 0 bridgehead atoms. The Balaban J connectivity index is 1.65. The number of anilines is 1. The Morgan fingerprint density at radius 3 is 2.81 bits per heavy atom. The van der Waals surface area contributed by atoms with Gasteiger partial charge in [0.2, 0.25) is 5.91 Å². The smallest absolute Gasteiger partial charge is 0.228 e. The summed E-state index contributed by atoms with van der Waals surface area (Å²) < 4.78 is 5.36. The molecule has 0 unspecified atom stereocenters. The van der Waals surface area contributed by atoms with Gasteiger partial charge in [0.1, 0.15) is 5.75 Å². The molecule has 1 heterocycles. The van der Waals surface area contributed by atoms with Crippen LogP contribution in [0, 0.1) is 12.8 Å². The molecule has 2 aromatic rings. The number of aryl methyl sites for hydroxylation is 1. The van der Waals surface area contributed by atoms with E-state index in [0.29, 0.717) is 28.9 Å². The first kappa shape index (κ1) is 20.0. The molecule has 0 saturated carbocycles. The van der Waals surface area contributed by atoms with Gasteiger partial charge in [-0.1, -0.05) is 35.3 Å². The predicted octanol–water partition coefficient (Wildman–Crippen LogP) is 5.16. The second-order valence-electron chi connectivity index (χ2n) is 7.00. The zero-order valence-electron chi connectivity index (χ0n) is 15.6. The Bertz CT molecular complexity index is 826. The average molecular weight is 407 g/mol. The van der Waals surface area contributed by atoms with E-state index in [-0.39, 0.29) is 11.8 Å². The molecule has 27 heavy (non-hydrogen) atoms. The maximum atomic E-state index is 12.8. The highest BCUT2D eigenvalue weighted by atomic mass is 35.5. The molecule has 4 nitrogen and oxygen atoms in total. The Morgan fingerprint density at radius 2 is 2.07 bits per heavy atom. The number of likely N-dealkylation sites (tertiary alicyclic amines) is 1. The minimum absolute atomic E-state index is 0.0332. The van der Waals surface area contributed by atoms with Crippen molar-refractivity contribution in [3.05, 3.63) is 57.6 Å². The maximum absolute atomic E-state index is 12.8. The molecule has 6 heteroatoms. The Kier molecular flexibility index (Phi) is 6.64. The number of carbonyl (C=O) groups excluding carboxylic acids is 1. The van der Waals surface area contributed by atoms with Crippen molar-refractivity contribution in [3.8, 4) is 5.75 Å². The van der Waals surface area contributed by atoms with E-state index in [9.17, 15) is 4.79 Å². The molecule has 1 atom stereocenters. The second kappa shape index (κ2) is 8.96. The van der Waals surface area contributed by atoms with Crippen molar-refractivity contribution in [2.75, 3.05) is 25.5 Å². The number of ether oxygens (including phenoxy) is 1. The number of rotatable bonds is 5. The van der Waals surface area contributed by atoms with Crippen LogP contribution in [0.15, 0.2) is 36.4 Å². The van der Waals surface area contributed by atoms with E-state index < -0.39 is 0 Å². The van der Waals surface area contributed by atoms with Crippen molar-refractivity contribution in [1.82, 2.24) is 4.90 Å². The topological polar surface area (TPSA) is 41.6 Å². The predicted molar refractivity (Wildman–Crippen MR) is 111 cm³/mol. The number of hydrogen-bond acceptors (Lipinski definition) is 3. The van der Waals surface area contributed by atoms with Crippen LogP contribution in [0.3, 0.4) is 0 Å². The quantitative estimate of drug-likeness (QED) is 0.745. The van der Waals surface area contributed by atoms with Gasteiger partial charge in [-0.05, 0) is 61.7 Å². The third kappa shape index (κ3) is 5.16. The number of nitrogens with zero attached hydrogens (tertiary/aromatic N) is 1. The van der Waals surface area contributed by atoms with Crippen LogP contribution in [0.1, 0.15) is 24.0 Å². The number of halogens is 2. The summed E-state index contributed by atoms with van der Waals surface area (Å²) in [5.41, 5.74) is 2.83. The van der Waals surface area contributed by atoms with Crippen molar-refractivity contribution in [3.63, 3.8) is 0 Å². The van der Waals surface area contributed by atoms with Crippen molar-refractivity contribution in [2.24, 2.45) is 5.92 Å². The third-order valence-corrected chi connectivity index (χ3v) is 5.49. The molecule has 1 aliphatic heterocycles. The number of nitrogens with one attached hydrogen (secondary N) is 1. The Morgan fingerprint density at radius 1 is 1.26 bits per heavy atom. The van der Waals surface area contributed by atoms with Crippen LogP contribution in [-0.4, -0.2) is 31.0 Å². The summed E-state index contributed by atoms with van der Waals surface area (Å²) in [6, 6.07) is 11.3. The van der Waals surface area contributed by atoms with Crippen LogP contribution in [0.25, 0.3) is 0 Å². The van der Waals surface area contributed by atoms with Gasteiger partial charge in [0, 0.05) is 23.1 Å². The van der Waals surface area contributed by atoms with Crippen LogP contribution < -0.4 is 10.1 Å². The van der Waals surface area contributed by atoms with Gasteiger partial charge in [-0.25, -0.2) is 0 Å². The number of amides is 1. The summed E-state index contributed by atoms with van der Waals surface area (Å²) in [5, 5.41) is 4.34. The van der Waals surface area contributed by atoms with Crippen LogP contribution in [0.5, 0.6) is 5.75 Å². The highest BCUT2D eigenvalue weighted by Gasteiger charge is 2.26. The lowest BCUT2D eigenvalue weighted by molar-refractivity contribution is -0.121. The molecule has 0 aromatic heterocycles. The number of carbonyl (C=O) groups is 1. The summed E-state index contributed by atoms with van der Waals surface area (Å²) in [7, 11) is 1.61. The third-order valence-electron chi connectivity index (χ3n) is 4.90. The van der Waals surface area contributed by atoms with Crippen molar-refractivity contribution in [2.45, 2.75) is 26.3 Å². The van der Waals surface area contributed by atoms with E-state index in [1.54, 1.807) is 13.2 Å². The monoisotopic (exact) mass is 406 g/mol. The lowest BCUT2D eigenvalue weighted by atomic mass is 9.96. The fraction of sp³-hybridized carbons (Fsp3) is 0.381. The molecular weight excluding hydrogens is 383 g/mol. The Labute approximate surface area is 170 Å². The highest BCUT2D eigenvalue weighted by molar-refractivity contribution is 6.35. The summed E-state index contributed by atoms with van der Waals surface area (Å²) >= 11 is 12.3. The van der Waals surface area contributed by atoms with Gasteiger partial charge in [-0.3, -0.25) is 9.69 Å². The Hall–Kier alpha value is -1.75. The van der Waals surface area contributed by atoms with Crippen LogP contribution >= 0.6 is 23.2 Å². The SMILES string of the molecule is COc1ccc(C)cc1NC(=O)[C@@H]1CCCN(Cc2ccc(Cl)cc2Cl)C1. The van der Waals surface area contributed by atoms with E-state index >= 15 is 0 Å². The number of benzene rings is 2. The molecule has 0 spiro atoms. The number of hydrogen-bond donors (Lipinski definition) is 1. The van der Waals surface area contributed by atoms with Gasteiger partial charge in [0.05, 0.1) is 18.7 Å². The van der Waals surface area contributed by atoms with E-state index in [2.05, 4.69) is 10.2 Å². The molecule has 1 fully saturated rings. The minimum atomic E-state index is -0.0601. The number of piperidine rings is 1. The van der Waals surface area contributed by atoms with Crippen LogP contribution in [0.2, 0.25) is 10.0 Å². The first-order chi connectivity index (χ1) is 13.0. The zero-order valence-corrected chi connectivity index (χ0v) is 17.1. The zero-order chi connectivity index (χ0) is 19.4. The fourth-order valence-corrected chi connectivity index (χ4v) is 3.93. The van der Waals surface area contributed by atoms with Crippen LogP contribution in [0.4, 0.5) is 5.69 Å².